The molecule has 32 heavy (non-hydrogen) atoms. The number of hydrogen-bond acceptors (Lipinski definition) is 4. The van der Waals surface area contributed by atoms with Crippen molar-refractivity contribution in [1.82, 2.24) is 19.1 Å². The van der Waals surface area contributed by atoms with Crippen molar-refractivity contribution in [3.8, 4) is 11.4 Å². The molecule has 2 heterocycles. The largest absolute Gasteiger partial charge is 0.416 e. The van der Waals surface area contributed by atoms with Crippen LogP contribution < -0.4 is 11.2 Å². The van der Waals surface area contributed by atoms with Gasteiger partial charge in [-0.25, -0.2) is 9.78 Å². The number of aliphatic hydroxyl groups excluding tert-OH is 1. The lowest BCUT2D eigenvalue weighted by Gasteiger charge is -2.10. The van der Waals surface area contributed by atoms with E-state index in [1.807, 2.05) is 30.3 Å². The number of nitrogens with zero attached hydrogens (tertiary/aromatic N) is 3. The second-order valence-electron chi connectivity index (χ2n) is 7.24. The van der Waals surface area contributed by atoms with Crippen molar-refractivity contribution in [1.29, 1.82) is 0 Å². The van der Waals surface area contributed by atoms with Crippen LogP contribution in [0.4, 0.5) is 13.2 Å². The zero-order chi connectivity index (χ0) is 22.9. The topological polar surface area (TPSA) is 92.9 Å². The van der Waals surface area contributed by atoms with Crippen LogP contribution in [0.15, 0.2) is 64.2 Å². The van der Waals surface area contributed by atoms with E-state index in [1.165, 1.54) is 21.3 Å². The summed E-state index contributed by atoms with van der Waals surface area (Å²) in [5.74, 6) is 0.236. The number of aliphatic hydroxyl groups is 1. The van der Waals surface area contributed by atoms with Crippen molar-refractivity contribution in [3.63, 3.8) is 0 Å². The first-order chi connectivity index (χ1) is 15.3. The predicted molar refractivity (Wildman–Crippen MR) is 112 cm³/mol. The molecule has 0 aliphatic rings. The van der Waals surface area contributed by atoms with Gasteiger partial charge in [0.15, 0.2) is 11.2 Å². The van der Waals surface area contributed by atoms with Gasteiger partial charge in [-0.15, -0.1) is 0 Å². The highest BCUT2D eigenvalue weighted by atomic mass is 19.4. The van der Waals surface area contributed by atoms with Crippen LogP contribution in [0.5, 0.6) is 0 Å². The molecule has 0 aliphatic carbocycles. The monoisotopic (exact) mass is 444 g/mol. The van der Waals surface area contributed by atoms with E-state index in [2.05, 4.69) is 9.97 Å². The zero-order valence-corrected chi connectivity index (χ0v) is 16.8. The van der Waals surface area contributed by atoms with Gasteiger partial charge in [0.25, 0.3) is 5.56 Å². The Balaban J connectivity index is 1.93. The number of fused-ring (bicyclic) bond motifs is 1. The molecule has 7 nitrogen and oxygen atoms in total. The van der Waals surface area contributed by atoms with Crippen LogP contribution in [0.3, 0.4) is 0 Å². The number of H-pyrrole nitrogens is 1. The molecule has 4 rings (SSSR count). The van der Waals surface area contributed by atoms with Gasteiger partial charge < -0.3 is 9.67 Å². The van der Waals surface area contributed by atoms with Gasteiger partial charge in [0.1, 0.15) is 5.82 Å². The van der Waals surface area contributed by atoms with Gasteiger partial charge in [0, 0.05) is 18.7 Å². The van der Waals surface area contributed by atoms with Gasteiger partial charge in [-0.2, -0.15) is 13.2 Å². The molecule has 0 fully saturated rings. The highest BCUT2D eigenvalue weighted by Gasteiger charge is 2.30. The predicted octanol–water partition coefficient (Wildman–Crippen LogP) is 3.00. The number of imidazole rings is 1. The smallest absolute Gasteiger partial charge is 0.396 e. The van der Waals surface area contributed by atoms with Crippen molar-refractivity contribution < 1.29 is 18.3 Å². The van der Waals surface area contributed by atoms with Gasteiger partial charge >= 0.3 is 11.9 Å². The lowest BCUT2D eigenvalue weighted by molar-refractivity contribution is -0.137. The maximum atomic E-state index is 13.0. The van der Waals surface area contributed by atoms with E-state index in [0.29, 0.717) is 5.56 Å². The Morgan fingerprint density at radius 2 is 1.66 bits per heavy atom. The Labute approximate surface area is 179 Å². The van der Waals surface area contributed by atoms with E-state index in [0.717, 1.165) is 17.7 Å². The quantitative estimate of drug-likeness (QED) is 0.478. The maximum absolute atomic E-state index is 13.0. The molecular weight excluding hydrogens is 425 g/mol. The van der Waals surface area contributed by atoms with E-state index in [-0.39, 0.29) is 43.1 Å². The Morgan fingerprint density at radius 3 is 2.28 bits per heavy atom. The molecule has 0 atom stereocenters. The number of aromatic amines is 1. The Morgan fingerprint density at radius 1 is 0.969 bits per heavy atom. The van der Waals surface area contributed by atoms with Crippen molar-refractivity contribution in [2.24, 2.45) is 0 Å². The molecule has 0 saturated carbocycles. The molecule has 4 aromatic rings. The number of rotatable bonds is 6. The highest BCUT2D eigenvalue weighted by Crippen LogP contribution is 2.31. The third-order valence-corrected chi connectivity index (χ3v) is 5.08. The second-order valence-corrected chi connectivity index (χ2v) is 7.24. The van der Waals surface area contributed by atoms with Gasteiger partial charge in [-0.3, -0.25) is 14.3 Å². The third kappa shape index (κ3) is 4.09. The van der Waals surface area contributed by atoms with E-state index >= 15 is 0 Å². The minimum absolute atomic E-state index is 0.115. The summed E-state index contributed by atoms with van der Waals surface area (Å²) in [5.41, 5.74) is -0.707. The Hall–Kier alpha value is -3.66. The number of nitrogens with one attached hydrogen (secondary N) is 1. The normalized spacial score (nSPS) is 11.9. The number of hydrogen-bond donors (Lipinski definition) is 2. The molecule has 10 heteroatoms. The Kier molecular flexibility index (Phi) is 5.70. The van der Waals surface area contributed by atoms with Crippen LogP contribution in [0.25, 0.3) is 22.6 Å². The average molecular weight is 444 g/mol. The fourth-order valence-electron chi connectivity index (χ4n) is 3.56. The Bertz CT molecular complexity index is 1350. The number of alkyl halides is 3. The van der Waals surface area contributed by atoms with Crippen LogP contribution in [0.1, 0.15) is 17.5 Å². The number of aromatic nitrogens is 4. The summed E-state index contributed by atoms with van der Waals surface area (Å²) in [4.78, 5) is 32.0. The summed E-state index contributed by atoms with van der Waals surface area (Å²) in [7, 11) is 0. The van der Waals surface area contributed by atoms with Gasteiger partial charge in [0.2, 0.25) is 0 Å². The summed E-state index contributed by atoms with van der Waals surface area (Å²) in [5, 5.41) is 9.29. The van der Waals surface area contributed by atoms with Gasteiger partial charge in [0.05, 0.1) is 12.1 Å². The molecule has 0 unspecified atom stereocenters. The average Bonchev–Trinajstić information content (AvgIpc) is 3.15. The van der Waals surface area contributed by atoms with Gasteiger partial charge in [-0.1, -0.05) is 42.5 Å². The van der Waals surface area contributed by atoms with E-state index in [9.17, 15) is 27.9 Å². The van der Waals surface area contributed by atoms with E-state index in [4.69, 9.17) is 0 Å². The molecule has 0 radical (unpaired) electrons. The number of halogens is 3. The fourth-order valence-corrected chi connectivity index (χ4v) is 3.56. The summed E-state index contributed by atoms with van der Waals surface area (Å²) in [6, 6.07) is 13.5. The van der Waals surface area contributed by atoms with Crippen molar-refractivity contribution in [2.75, 3.05) is 6.61 Å². The third-order valence-electron chi connectivity index (χ3n) is 5.08. The van der Waals surface area contributed by atoms with Crippen LogP contribution in [0, 0.1) is 0 Å². The number of aryl methyl sites for hydroxylation is 1. The molecule has 0 aliphatic heterocycles. The molecule has 2 N–H and O–H groups in total. The van der Waals surface area contributed by atoms with Crippen LogP contribution in [0.2, 0.25) is 0 Å². The molecule has 0 spiro atoms. The van der Waals surface area contributed by atoms with Crippen LogP contribution in [-0.4, -0.2) is 30.8 Å². The summed E-state index contributed by atoms with van der Waals surface area (Å²) < 4.78 is 41.7. The van der Waals surface area contributed by atoms with Crippen LogP contribution >= 0.6 is 0 Å². The SMILES string of the molecule is O=c1[nH]c(=O)n(Cc2ccccc2)c2nc(-c3ccc(C(F)(F)F)cc3)n(CCCO)c12. The van der Waals surface area contributed by atoms with E-state index < -0.39 is 23.0 Å². The van der Waals surface area contributed by atoms with Crippen molar-refractivity contribution in [3.05, 3.63) is 86.6 Å². The molecule has 0 bridgehead atoms. The van der Waals surface area contributed by atoms with E-state index in [1.54, 1.807) is 0 Å². The first-order valence-corrected chi connectivity index (χ1v) is 9.85. The first-order valence-electron chi connectivity index (χ1n) is 9.85. The molecule has 2 aromatic carbocycles. The maximum Gasteiger partial charge on any atom is 0.416 e. The van der Waals surface area contributed by atoms with Crippen LogP contribution in [-0.2, 0) is 19.3 Å². The molecular formula is C22H19F3N4O3. The molecule has 166 valence electrons. The van der Waals surface area contributed by atoms with Gasteiger partial charge in [-0.05, 0) is 24.1 Å². The first kappa shape index (κ1) is 21.6. The molecule has 0 saturated heterocycles. The lowest BCUT2D eigenvalue weighted by Crippen LogP contribution is -2.31. The molecule has 2 aromatic heterocycles. The number of benzene rings is 2. The lowest BCUT2D eigenvalue weighted by atomic mass is 10.1. The second kappa shape index (κ2) is 8.46. The summed E-state index contributed by atoms with van der Waals surface area (Å²) >= 11 is 0. The summed E-state index contributed by atoms with van der Waals surface area (Å²) in [6.07, 6.45) is -4.20. The minimum Gasteiger partial charge on any atom is -0.396 e. The highest BCUT2D eigenvalue weighted by molar-refractivity contribution is 5.77. The fraction of sp³-hybridized carbons (Fsp3) is 0.227. The minimum atomic E-state index is -4.48. The van der Waals surface area contributed by atoms with Crippen molar-refractivity contribution >= 4 is 11.2 Å². The summed E-state index contributed by atoms with van der Waals surface area (Å²) in [6.45, 7) is 0.181. The van der Waals surface area contributed by atoms with Crippen molar-refractivity contribution in [2.45, 2.75) is 25.7 Å². The molecule has 0 amide bonds. The standard InChI is InChI=1S/C22H19F3N4O3/c23-22(24,25)16-9-7-15(8-10-16)18-26-19-17(28(18)11-4-12-30)20(31)27-21(32)29(19)13-14-5-2-1-3-6-14/h1-3,5-10,30H,4,11-13H2,(H,27,31,32). The zero-order valence-electron chi connectivity index (χ0n) is 16.8.